The molecule has 1 aromatic heterocycles. The van der Waals surface area contributed by atoms with Crippen LogP contribution in [0.3, 0.4) is 0 Å². The molecule has 1 saturated heterocycles. The van der Waals surface area contributed by atoms with E-state index in [9.17, 15) is 9.59 Å². The van der Waals surface area contributed by atoms with Gasteiger partial charge in [-0.2, -0.15) is 0 Å². The van der Waals surface area contributed by atoms with E-state index in [-0.39, 0.29) is 17.5 Å². The highest BCUT2D eigenvalue weighted by molar-refractivity contribution is 6.06. The van der Waals surface area contributed by atoms with Gasteiger partial charge in [-0.3, -0.25) is 14.5 Å². The maximum Gasteiger partial charge on any atom is 0.258 e. The summed E-state index contributed by atoms with van der Waals surface area (Å²) in [4.78, 5) is 27.9. The number of hydrogen-bond acceptors (Lipinski definition) is 3. The standard InChI is InChI=1S/C20H27N3O2/c1-4-22-11-7-8-15(22)12-21-19(24)18-13-23(14(2)3)20(25)17-10-6-5-9-16(17)18/h5-6,9-10,13-15H,4,7-8,11-12H2,1-3H3,(H,21,24). The smallest absolute Gasteiger partial charge is 0.258 e. The molecule has 0 aliphatic carbocycles. The lowest BCUT2D eigenvalue weighted by Gasteiger charge is -2.23. The predicted molar refractivity (Wildman–Crippen MR) is 101 cm³/mol. The van der Waals surface area contributed by atoms with Crippen molar-refractivity contribution in [3.8, 4) is 0 Å². The van der Waals surface area contributed by atoms with E-state index in [0.29, 0.717) is 23.5 Å². The van der Waals surface area contributed by atoms with Crippen LogP contribution in [0.5, 0.6) is 0 Å². The lowest BCUT2D eigenvalue weighted by Crippen LogP contribution is -2.40. The molecule has 1 amide bonds. The Morgan fingerprint density at radius 1 is 1.28 bits per heavy atom. The van der Waals surface area contributed by atoms with Gasteiger partial charge in [0.15, 0.2) is 0 Å². The summed E-state index contributed by atoms with van der Waals surface area (Å²) in [6, 6.07) is 7.78. The molecule has 0 radical (unpaired) electrons. The number of nitrogens with one attached hydrogen (secondary N) is 1. The monoisotopic (exact) mass is 341 g/mol. The zero-order valence-corrected chi connectivity index (χ0v) is 15.3. The Labute approximate surface area is 148 Å². The van der Waals surface area contributed by atoms with E-state index in [1.807, 2.05) is 32.0 Å². The molecule has 1 aliphatic rings. The van der Waals surface area contributed by atoms with Crippen LogP contribution in [0.25, 0.3) is 10.8 Å². The Balaban J connectivity index is 1.90. The van der Waals surface area contributed by atoms with Crippen LogP contribution in [-0.4, -0.2) is 41.1 Å². The molecule has 1 N–H and O–H groups in total. The van der Waals surface area contributed by atoms with Gasteiger partial charge in [-0.25, -0.2) is 0 Å². The van der Waals surface area contributed by atoms with Crippen LogP contribution in [0.1, 0.15) is 50.0 Å². The van der Waals surface area contributed by atoms with Gasteiger partial charge in [-0.05, 0) is 45.8 Å². The average Bonchev–Trinajstić information content (AvgIpc) is 3.07. The first-order valence-electron chi connectivity index (χ1n) is 9.19. The molecule has 5 heteroatoms. The highest BCUT2D eigenvalue weighted by atomic mass is 16.2. The third kappa shape index (κ3) is 3.47. The van der Waals surface area contributed by atoms with E-state index in [2.05, 4.69) is 17.1 Å². The quantitative estimate of drug-likeness (QED) is 0.910. The van der Waals surface area contributed by atoms with E-state index in [1.165, 1.54) is 6.42 Å². The minimum Gasteiger partial charge on any atom is -0.350 e. The second kappa shape index (κ2) is 7.40. The molecule has 0 bridgehead atoms. The number of rotatable bonds is 5. The Morgan fingerprint density at radius 2 is 2.00 bits per heavy atom. The third-order valence-electron chi connectivity index (χ3n) is 5.15. The molecule has 0 spiro atoms. The van der Waals surface area contributed by atoms with E-state index in [0.717, 1.165) is 24.9 Å². The average molecular weight is 341 g/mol. The molecule has 2 aromatic rings. The molecule has 1 unspecified atom stereocenters. The Kier molecular flexibility index (Phi) is 5.23. The van der Waals surface area contributed by atoms with Crippen molar-refractivity contribution in [3.63, 3.8) is 0 Å². The van der Waals surface area contributed by atoms with Crippen molar-refractivity contribution in [2.45, 2.75) is 45.7 Å². The number of benzene rings is 1. The number of carbonyl (C=O) groups excluding carboxylic acids is 1. The first-order chi connectivity index (χ1) is 12.0. The fraction of sp³-hybridized carbons (Fsp3) is 0.500. The van der Waals surface area contributed by atoms with Crippen molar-refractivity contribution >= 4 is 16.7 Å². The van der Waals surface area contributed by atoms with Gasteiger partial charge in [0.05, 0.1) is 5.56 Å². The topological polar surface area (TPSA) is 54.3 Å². The van der Waals surface area contributed by atoms with Crippen LogP contribution in [0.15, 0.2) is 35.3 Å². The van der Waals surface area contributed by atoms with Gasteiger partial charge >= 0.3 is 0 Å². The Bertz CT molecular complexity index is 825. The van der Waals surface area contributed by atoms with E-state index in [1.54, 1.807) is 16.8 Å². The highest BCUT2D eigenvalue weighted by Crippen LogP contribution is 2.19. The van der Waals surface area contributed by atoms with Gasteiger partial charge in [-0.15, -0.1) is 0 Å². The Hall–Kier alpha value is -2.14. The van der Waals surface area contributed by atoms with E-state index < -0.39 is 0 Å². The first-order valence-corrected chi connectivity index (χ1v) is 9.19. The van der Waals surface area contributed by atoms with Crippen LogP contribution in [0, 0.1) is 0 Å². The Morgan fingerprint density at radius 3 is 2.68 bits per heavy atom. The van der Waals surface area contributed by atoms with Gasteiger partial charge in [0.1, 0.15) is 0 Å². The van der Waals surface area contributed by atoms with E-state index in [4.69, 9.17) is 0 Å². The maximum atomic E-state index is 12.9. The molecule has 1 aromatic carbocycles. The molecule has 1 atom stereocenters. The summed E-state index contributed by atoms with van der Waals surface area (Å²) in [5, 5.41) is 4.41. The SMILES string of the molecule is CCN1CCCC1CNC(=O)c1cn(C(C)C)c(=O)c2ccccc12. The van der Waals surface area contributed by atoms with Crippen LogP contribution < -0.4 is 10.9 Å². The molecular weight excluding hydrogens is 314 g/mol. The largest absolute Gasteiger partial charge is 0.350 e. The molecule has 1 aliphatic heterocycles. The minimum absolute atomic E-state index is 0.00840. The van der Waals surface area contributed by atoms with Gasteiger partial charge in [0.2, 0.25) is 0 Å². The number of amides is 1. The van der Waals surface area contributed by atoms with Crippen molar-refractivity contribution in [1.29, 1.82) is 0 Å². The predicted octanol–water partition coefficient (Wildman–Crippen LogP) is 2.80. The normalized spacial score (nSPS) is 18.2. The molecule has 134 valence electrons. The molecule has 25 heavy (non-hydrogen) atoms. The molecule has 1 fully saturated rings. The summed E-state index contributed by atoms with van der Waals surface area (Å²) in [6.07, 6.45) is 4.02. The summed E-state index contributed by atoms with van der Waals surface area (Å²) in [7, 11) is 0. The zero-order valence-electron chi connectivity index (χ0n) is 15.3. The number of hydrogen-bond donors (Lipinski definition) is 1. The molecule has 2 heterocycles. The fourth-order valence-electron chi connectivity index (χ4n) is 3.72. The minimum atomic E-state index is -0.103. The highest BCUT2D eigenvalue weighted by Gasteiger charge is 2.24. The molecule has 3 rings (SSSR count). The van der Waals surface area contributed by atoms with Crippen molar-refractivity contribution in [2.75, 3.05) is 19.6 Å². The number of fused-ring (bicyclic) bond motifs is 1. The van der Waals surface area contributed by atoms with Crippen LogP contribution in [0.4, 0.5) is 0 Å². The lowest BCUT2D eigenvalue weighted by atomic mass is 10.1. The van der Waals surface area contributed by atoms with Crippen molar-refractivity contribution in [2.24, 2.45) is 0 Å². The number of nitrogens with zero attached hydrogens (tertiary/aromatic N) is 2. The zero-order chi connectivity index (χ0) is 18.0. The van der Waals surface area contributed by atoms with E-state index >= 15 is 0 Å². The number of likely N-dealkylation sites (tertiary alicyclic amines) is 1. The summed E-state index contributed by atoms with van der Waals surface area (Å²) in [5.41, 5.74) is 0.528. The number of aromatic nitrogens is 1. The summed E-state index contributed by atoms with van der Waals surface area (Å²) >= 11 is 0. The van der Waals surface area contributed by atoms with Gasteiger partial charge in [0.25, 0.3) is 11.5 Å². The second-order valence-electron chi connectivity index (χ2n) is 7.03. The van der Waals surface area contributed by atoms with Crippen LogP contribution in [-0.2, 0) is 0 Å². The first kappa shape index (κ1) is 17.7. The molecule has 0 saturated carbocycles. The van der Waals surface area contributed by atoms with Crippen LogP contribution >= 0.6 is 0 Å². The van der Waals surface area contributed by atoms with Crippen molar-refractivity contribution in [1.82, 2.24) is 14.8 Å². The van der Waals surface area contributed by atoms with Gasteiger partial charge < -0.3 is 9.88 Å². The summed E-state index contributed by atoms with van der Waals surface area (Å²) in [5.74, 6) is -0.103. The fourth-order valence-corrected chi connectivity index (χ4v) is 3.72. The maximum absolute atomic E-state index is 12.9. The summed E-state index contributed by atoms with van der Waals surface area (Å²) in [6.45, 7) is 8.85. The summed E-state index contributed by atoms with van der Waals surface area (Å²) < 4.78 is 1.64. The van der Waals surface area contributed by atoms with Crippen molar-refractivity contribution < 1.29 is 4.79 Å². The van der Waals surface area contributed by atoms with Gasteiger partial charge in [-0.1, -0.05) is 25.1 Å². The number of likely N-dealkylation sites (N-methyl/N-ethyl adjacent to an activating group) is 1. The lowest BCUT2D eigenvalue weighted by molar-refractivity contribution is 0.0942. The van der Waals surface area contributed by atoms with Gasteiger partial charge in [0, 0.05) is 35.6 Å². The third-order valence-corrected chi connectivity index (χ3v) is 5.15. The second-order valence-corrected chi connectivity index (χ2v) is 7.03. The molecular formula is C20H27N3O2. The number of carbonyl (C=O) groups is 1. The number of pyridine rings is 1. The van der Waals surface area contributed by atoms with Crippen molar-refractivity contribution in [3.05, 3.63) is 46.4 Å². The van der Waals surface area contributed by atoms with Crippen LogP contribution in [0.2, 0.25) is 0 Å². The molecule has 5 nitrogen and oxygen atoms in total.